The minimum absolute atomic E-state index is 0.347. The number of benzene rings is 1. The molecule has 1 aromatic heterocycles. The molecule has 3 nitrogen and oxygen atoms in total. The summed E-state index contributed by atoms with van der Waals surface area (Å²) in [5.74, 6) is 0. The highest BCUT2D eigenvalue weighted by Gasteiger charge is 2.11. The average molecular weight is 335 g/mol. The minimum Gasteiger partial charge on any atom is -0.397 e. The van der Waals surface area contributed by atoms with Gasteiger partial charge in [0, 0.05) is 27.5 Å². The Morgan fingerprint density at radius 2 is 1.95 bits per heavy atom. The molecule has 0 aliphatic rings. The number of allylic oxidation sites excluding steroid dienone is 1. The van der Waals surface area contributed by atoms with Crippen molar-refractivity contribution in [2.75, 3.05) is 0 Å². The maximum atomic E-state index is 9.31. The summed E-state index contributed by atoms with van der Waals surface area (Å²) in [6.07, 6.45) is 3.23. The van der Waals surface area contributed by atoms with E-state index in [2.05, 4.69) is 27.0 Å². The molecule has 0 saturated heterocycles. The van der Waals surface area contributed by atoms with Gasteiger partial charge in [0.25, 0.3) is 0 Å². The van der Waals surface area contributed by atoms with Gasteiger partial charge in [0.2, 0.25) is 0 Å². The van der Waals surface area contributed by atoms with Gasteiger partial charge in [-0.05, 0) is 35.9 Å². The predicted octanol–water partition coefficient (Wildman–Crippen LogP) is 3.85. The Hall–Kier alpha value is -1.83. The maximum absolute atomic E-state index is 9.31. The van der Waals surface area contributed by atoms with Crippen LogP contribution in [0.1, 0.15) is 11.1 Å². The number of nitriles is 1. The van der Waals surface area contributed by atoms with Crippen LogP contribution < -0.4 is 5.73 Å². The van der Waals surface area contributed by atoms with Crippen molar-refractivity contribution in [2.24, 2.45) is 5.73 Å². The summed E-state index contributed by atoms with van der Waals surface area (Å²) in [5.41, 5.74) is 8.15. The zero-order valence-electron chi connectivity index (χ0n) is 9.77. The fourth-order valence-electron chi connectivity index (χ4n) is 1.64. The molecule has 0 aliphatic carbocycles. The lowest BCUT2D eigenvalue weighted by molar-refractivity contribution is 1.32. The summed E-state index contributed by atoms with van der Waals surface area (Å²) in [4.78, 5) is 3.92. The highest BCUT2D eigenvalue weighted by atomic mass is 79.9. The van der Waals surface area contributed by atoms with Crippen LogP contribution in [0.3, 0.4) is 0 Å². The van der Waals surface area contributed by atoms with E-state index in [0.29, 0.717) is 27.4 Å². The topological polar surface area (TPSA) is 62.7 Å². The van der Waals surface area contributed by atoms with Crippen LogP contribution in [0.5, 0.6) is 0 Å². The van der Waals surface area contributed by atoms with Crippen LogP contribution in [0.2, 0.25) is 5.02 Å². The number of nitrogens with zero attached hydrogens (tertiary/aromatic N) is 2. The monoisotopic (exact) mass is 333 g/mol. The SMILES string of the molecule is N#C/C(=C(/N)c1cc(Br)ccc1Cl)c1ccncc1. The molecule has 0 bridgehead atoms. The smallest absolute Gasteiger partial charge is 0.102 e. The van der Waals surface area contributed by atoms with Crippen molar-refractivity contribution < 1.29 is 0 Å². The van der Waals surface area contributed by atoms with Crippen molar-refractivity contribution in [1.29, 1.82) is 5.26 Å². The quantitative estimate of drug-likeness (QED) is 0.849. The van der Waals surface area contributed by atoms with Crippen molar-refractivity contribution in [3.8, 4) is 6.07 Å². The summed E-state index contributed by atoms with van der Waals surface area (Å²) in [6.45, 7) is 0. The summed E-state index contributed by atoms with van der Waals surface area (Å²) >= 11 is 9.49. The van der Waals surface area contributed by atoms with E-state index >= 15 is 0 Å². The standard InChI is InChI=1S/C14H9BrClN3/c15-10-1-2-13(16)11(7-10)14(18)12(8-17)9-3-5-19-6-4-9/h1-7H,18H2/b14-12-. The highest BCUT2D eigenvalue weighted by Crippen LogP contribution is 2.29. The van der Waals surface area contributed by atoms with E-state index in [4.69, 9.17) is 17.3 Å². The van der Waals surface area contributed by atoms with Crippen molar-refractivity contribution in [3.05, 3.63) is 63.3 Å². The Bertz CT molecular complexity index is 675. The van der Waals surface area contributed by atoms with Crippen LogP contribution in [0.15, 0.2) is 47.2 Å². The zero-order chi connectivity index (χ0) is 13.8. The third-order valence-corrected chi connectivity index (χ3v) is 3.39. The van der Waals surface area contributed by atoms with Gasteiger partial charge in [-0.25, -0.2) is 0 Å². The first-order valence-corrected chi connectivity index (χ1v) is 6.56. The number of nitrogens with two attached hydrogens (primary N) is 1. The fraction of sp³-hybridized carbons (Fsp3) is 0. The highest BCUT2D eigenvalue weighted by molar-refractivity contribution is 9.10. The molecule has 2 aromatic rings. The molecule has 1 heterocycles. The number of hydrogen-bond donors (Lipinski definition) is 1. The van der Waals surface area contributed by atoms with E-state index in [1.54, 1.807) is 36.7 Å². The lowest BCUT2D eigenvalue weighted by Gasteiger charge is -2.08. The van der Waals surface area contributed by atoms with E-state index in [-0.39, 0.29) is 0 Å². The van der Waals surface area contributed by atoms with Crippen LogP contribution in [0, 0.1) is 11.3 Å². The molecule has 1 aromatic carbocycles. The number of aromatic nitrogens is 1. The largest absolute Gasteiger partial charge is 0.397 e. The fourth-order valence-corrected chi connectivity index (χ4v) is 2.22. The molecule has 0 unspecified atom stereocenters. The Balaban J connectivity index is 2.62. The second kappa shape index (κ2) is 5.87. The lowest BCUT2D eigenvalue weighted by Crippen LogP contribution is -2.01. The Morgan fingerprint density at radius 3 is 2.58 bits per heavy atom. The third-order valence-electron chi connectivity index (χ3n) is 2.57. The molecular formula is C14H9BrClN3. The summed E-state index contributed by atoms with van der Waals surface area (Å²) in [6, 6.07) is 10.9. The predicted molar refractivity (Wildman–Crippen MR) is 80.0 cm³/mol. The summed E-state index contributed by atoms with van der Waals surface area (Å²) < 4.78 is 0.849. The molecular weight excluding hydrogens is 326 g/mol. The van der Waals surface area contributed by atoms with E-state index in [0.717, 1.165) is 4.47 Å². The molecule has 0 amide bonds. The molecule has 5 heteroatoms. The lowest BCUT2D eigenvalue weighted by atomic mass is 10.0. The second-order valence-electron chi connectivity index (χ2n) is 3.76. The second-order valence-corrected chi connectivity index (χ2v) is 5.08. The van der Waals surface area contributed by atoms with Crippen molar-refractivity contribution in [1.82, 2.24) is 4.98 Å². The van der Waals surface area contributed by atoms with Gasteiger partial charge in [0.05, 0.1) is 11.3 Å². The molecule has 0 radical (unpaired) electrons. The van der Waals surface area contributed by atoms with Gasteiger partial charge in [-0.3, -0.25) is 4.98 Å². The molecule has 2 rings (SSSR count). The van der Waals surface area contributed by atoms with E-state index in [1.807, 2.05) is 6.07 Å². The van der Waals surface area contributed by atoms with Crippen LogP contribution in [-0.4, -0.2) is 4.98 Å². The minimum atomic E-state index is 0.347. The first-order chi connectivity index (χ1) is 9.13. The van der Waals surface area contributed by atoms with Gasteiger partial charge >= 0.3 is 0 Å². The number of hydrogen-bond acceptors (Lipinski definition) is 3. The van der Waals surface area contributed by atoms with Crippen LogP contribution in [0.25, 0.3) is 11.3 Å². The molecule has 0 aliphatic heterocycles. The number of rotatable bonds is 2. The maximum Gasteiger partial charge on any atom is 0.102 e. The van der Waals surface area contributed by atoms with Crippen molar-refractivity contribution in [2.45, 2.75) is 0 Å². The molecule has 0 spiro atoms. The first-order valence-electron chi connectivity index (χ1n) is 5.39. The Kier molecular flexibility index (Phi) is 4.20. The van der Waals surface area contributed by atoms with Crippen LogP contribution in [-0.2, 0) is 0 Å². The Morgan fingerprint density at radius 1 is 1.26 bits per heavy atom. The van der Waals surface area contributed by atoms with Gasteiger partial charge in [-0.1, -0.05) is 27.5 Å². The van der Waals surface area contributed by atoms with Gasteiger partial charge in [-0.2, -0.15) is 5.26 Å². The average Bonchev–Trinajstić information content (AvgIpc) is 2.43. The normalized spacial score (nSPS) is 11.6. The van der Waals surface area contributed by atoms with Crippen LogP contribution >= 0.6 is 27.5 Å². The molecule has 0 fully saturated rings. The van der Waals surface area contributed by atoms with Crippen molar-refractivity contribution in [3.63, 3.8) is 0 Å². The van der Waals surface area contributed by atoms with Gasteiger partial charge in [-0.15, -0.1) is 0 Å². The molecule has 0 saturated carbocycles. The van der Waals surface area contributed by atoms with E-state index < -0.39 is 0 Å². The number of pyridine rings is 1. The van der Waals surface area contributed by atoms with Gasteiger partial charge in [0.15, 0.2) is 0 Å². The Labute approximate surface area is 124 Å². The van der Waals surface area contributed by atoms with Gasteiger partial charge in [0.1, 0.15) is 6.07 Å². The molecule has 2 N–H and O–H groups in total. The molecule has 94 valence electrons. The summed E-state index contributed by atoms with van der Waals surface area (Å²) in [5, 5.41) is 9.81. The summed E-state index contributed by atoms with van der Waals surface area (Å²) in [7, 11) is 0. The first kappa shape index (κ1) is 13.6. The van der Waals surface area contributed by atoms with E-state index in [1.165, 1.54) is 0 Å². The molecule has 0 atom stereocenters. The van der Waals surface area contributed by atoms with Crippen molar-refractivity contribution >= 4 is 38.8 Å². The zero-order valence-corrected chi connectivity index (χ0v) is 12.1. The van der Waals surface area contributed by atoms with E-state index in [9.17, 15) is 5.26 Å². The van der Waals surface area contributed by atoms with Gasteiger partial charge < -0.3 is 5.73 Å². The molecule has 19 heavy (non-hydrogen) atoms. The third kappa shape index (κ3) is 2.95. The van der Waals surface area contributed by atoms with Crippen LogP contribution in [0.4, 0.5) is 0 Å². The number of halogens is 2.